The molecule has 3 N–H and O–H groups in total. The van der Waals surface area contributed by atoms with Crippen LogP contribution >= 0.6 is 0 Å². The lowest BCUT2D eigenvalue weighted by atomic mass is 10.2. The molecule has 1 aromatic carbocycles. The van der Waals surface area contributed by atoms with E-state index in [-0.39, 0.29) is 17.8 Å². The average Bonchev–Trinajstić information content (AvgIpc) is 2.69. The van der Waals surface area contributed by atoms with E-state index in [1.165, 1.54) is 0 Å². The predicted molar refractivity (Wildman–Crippen MR) is 59.0 cm³/mol. The van der Waals surface area contributed by atoms with Gasteiger partial charge in [0.15, 0.2) is 0 Å². The van der Waals surface area contributed by atoms with Crippen molar-refractivity contribution < 1.29 is 13.6 Å². The quantitative estimate of drug-likeness (QED) is 0.822. The van der Waals surface area contributed by atoms with Crippen molar-refractivity contribution in [3.05, 3.63) is 57.5 Å². The molecule has 0 saturated heterocycles. The predicted octanol–water partition coefficient (Wildman–Crippen LogP) is 0.602. The first-order valence-electron chi connectivity index (χ1n) is 5.03. The summed E-state index contributed by atoms with van der Waals surface area (Å²) in [5.41, 5.74) is 4.70. The largest absolute Gasteiger partial charge is 0.325 e. The van der Waals surface area contributed by atoms with Crippen molar-refractivity contribution in [2.75, 3.05) is 0 Å². The fraction of sp³-hybridized carbons (Fsp3) is 0.0909. The molecule has 1 heterocycles. The molecular formula is C11H9F2N3O2. The van der Waals surface area contributed by atoms with Crippen LogP contribution in [0.4, 0.5) is 8.78 Å². The molecular weight excluding hydrogens is 244 g/mol. The second-order valence-electron chi connectivity index (χ2n) is 3.58. The van der Waals surface area contributed by atoms with E-state index in [9.17, 15) is 18.4 Å². The third kappa shape index (κ3) is 2.07. The lowest BCUT2D eigenvalue weighted by molar-refractivity contribution is 0.0937. The number of hydrogen-bond donors (Lipinski definition) is 2. The number of carbonyl (C=O) groups is 1. The molecule has 0 aliphatic carbocycles. The Bertz CT molecular complexity index is 661. The molecule has 2 aromatic rings. The average molecular weight is 253 g/mol. The van der Waals surface area contributed by atoms with Gasteiger partial charge in [-0.2, -0.15) is 0 Å². The van der Waals surface area contributed by atoms with E-state index in [1.807, 2.05) is 0 Å². The van der Waals surface area contributed by atoms with Gasteiger partial charge < -0.3 is 5.73 Å². The fourth-order valence-electron chi connectivity index (χ4n) is 1.54. The zero-order chi connectivity index (χ0) is 13.3. The third-order valence-electron chi connectivity index (χ3n) is 2.38. The lowest BCUT2D eigenvalue weighted by Gasteiger charge is -2.06. The number of rotatable bonds is 2. The Labute approximate surface area is 99.8 Å². The van der Waals surface area contributed by atoms with Crippen LogP contribution in [-0.2, 0) is 6.54 Å². The number of aromatic amines is 1. The number of aromatic nitrogens is 2. The second kappa shape index (κ2) is 4.53. The number of benzene rings is 1. The van der Waals surface area contributed by atoms with Crippen LogP contribution in [-0.4, -0.2) is 15.7 Å². The van der Waals surface area contributed by atoms with Crippen molar-refractivity contribution in [2.45, 2.75) is 6.54 Å². The van der Waals surface area contributed by atoms with Crippen molar-refractivity contribution in [3.8, 4) is 0 Å². The highest BCUT2D eigenvalue weighted by atomic mass is 19.1. The van der Waals surface area contributed by atoms with Crippen LogP contribution in [0.1, 0.15) is 16.1 Å². The maximum atomic E-state index is 13.4. The van der Waals surface area contributed by atoms with Gasteiger partial charge in [0.25, 0.3) is 11.5 Å². The molecule has 0 bridgehead atoms. The lowest BCUT2D eigenvalue weighted by Crippen LogP contribution is -2.20. The number of nitrogens with one attached hydrogen (secondary N) is 1. The molecule has 18 heavy (non-hydrogen) atoms. The smallest absolute Gasteiger partial charge is 0.279 e. The van der Waals surface area contributed by atoms with Gasteiger partial charge in [0, 0.05) is 18.7 Å². The number of nitrogens with two attached hydrogens (primary N) is 1. The monoisotopic (exact) mass is 253 g/mol. The van der Waals surface area contributed by atoms with Crippen LogP contribution in [0, 0.1) is 11.6 Å². The minimum atomic E-state index is -1.00. The molecule has 0 amide bonds. The van der Waals surface area contributed by atoms with E-state index in [4.69, 9.17) is 5.73 Å². The molecule has 0 spiro atoms. The van der Waals surface area contributed by atoms with Crippen LogP contribution in [0.5, 0.6) is 0 Å². The van der Waals surface area contributed by atoms with E-state index in [0.29, 0.717) is 6.07 Å². The molecule has 7 heteroatoms. The molecule has 0 aliphatic heterocycles. The third-order valence-corrected chi connectivity index (χ3v) is 2.38. The number of halogens is 2. The Balaban J connectivity index is 2.50. The standard InChI is InChI=1S/C11H9F2N3O2/c12-6-1-2-8(9(13)3-6)11(18)16-7(5-14)4-10(17)15-16/h1-4H,5,14H2,(H,15,17). The second-order valence-corrected chi connectivity index (χ2v) is 3.58. The molecule has 94 valence electrons. The summed E-state index contributed by atoms with van der Waals surface area (Å²) in [5, 5.41) is 2.21. The van der Waals surface area contributed by atoms with E-state index in [0.717, 1.165) is 22.9 Å². The summed E-state index contributed by atoms with van der Waals surface area (Å²) in [7, 11) is 0. The minimum Gasteiger partial charge on any atom is -0.325 e. The SMILES string of the molecule is NCc1cc(=O)[nH]n1C(=O)c1ccc(F)cc1F. The first-order valence-corrected chi connectivity index (χ1v) is 5.03. The number of H-pyrrole nitrogens is 1. The van der Waals surface area contributed by atoms with E-state index in [1.54, 1.807) is 0 Å². The van der Waals surface area contributed by atoms with Crippen molar-refractivity contribution in [1.82, 2.24) is 9.78 Å². The minimum absolute atomic E-state index is 0.0622. The molecule has 0 fully saturated rings. The number of carbonyl (C=O) groups excluding carboxylic acids is 1. The topological polar surface area (TPSA) is 80.9 Å². The van der Waals surface area contributed by atoms with Gasteiger partial charge in [0.2, 0.25) is 0 Å². The van der Waals surface area contributed by atoms with Gasteiger partial charge >= 0.3 is 0 Å². The van der Waals surface area contributed by atoms with Crippen LogP contribution in [0.25, 0.3) is 0 Å². The van der Waals surface area contributed by atoms with Gasteiger partial charge in [0.05, 0.1) is 11.3 Å². The summed E-state index contributed by atoms with van der Waals surface area (Å²) in [6, 6.07) is 3.70. The summed E-state index contributed by atoms with van der Waals surface area (Å²) in [4.78, 5) is 23.1. The summed E-state index contributed by atoms with van der Waals surface area (Å²) in [5.74, 6) is -2.60. The maximum absolute atomic E-state index is 13.4. The van der Waals surface area contributed by atoms with Crippen molar-refractivity contribution in [1.29, 1.82) is 0 Å². The highest BCUT2D eigenvalue weighted by Crippen LogP contribution is 2.11. The first-order chi connectivity index (χ1) is 8.52. The molecule has 2 rings (SSSR count). The molecule has 0 radical (unpaired) electrons. The Morgan fingerprint density at radius 2 is 2.06 bits per heavy atom. The summed E-state index contributed by atoms with van der Waals surface area (Å²) >= 11 is 0. The Morgan fingerprint density at radius 1 is 1.33 bits per heavy atom. The highest BCUT2D eigenvalue weighted by Gasteiger charge is 2.17. The first kappa shape index (κ1) is 12.2. The van der Waals surface area contributed by atoms with E-state index in [2.05, 4.69) is 5.10 Å². The van der Waals surface area contributed by atoms with Gasteiger partial charge in [-0.05, 0) is 12.1 Å². The Morgan fingerprint density at radius 3 is 2.67 bits per heavy atom. The zero-order valence-electron chi connectivity index (χ0n) is 9.11. The van der Waals surface area contributed by atoms with Gasteiger partial charge in [-0.1, -0.05) is 0 Å². The number of hydrogen-bond acceptors (Lipinski definition) is 3. The Hall–Kier alpha value is -2.28. The van der Waals surface area contributed by atoms with Crippen molar-refractivity contribution in [3.63, 3.8) is 0 Å². The summed E-state index contributed by atoms with van der Waals surface area (Å²) < 4.78 is 27.0. The fourth-order valence-corrected chi connectivity index (χ4v) is 1.54. The maximum Gasteiger partial charge on any atom is 0.279 e. The summed E-state index contributed by atoms with van der Waals surface area (Å²) in [6.45, 7) is -0.0622. The van der Waals surface area contributed by atoms with Crippen LogP contribution in [0.3, 0.4) is 0 Å². The molecule has 5 nitrogen and oxygen atoms in total. The zero-order valence-corrected chi connectivity index (χ0v) is 9.11. The van der Waals surface area contributed by atoms with Gasteiger partial charge in [0.1, 0.15) is 11.6 Å². The van der Waals surface area contributed by atoms with Crippen LogP contribution in [0.15, 0.2) is 29.1 Å². The van der Waals surface area contributed by atoms with Gasteiger partial charge in [-0.3, -0.25) is 14.7 Å². The number of nitrogens with zero attached hydrogens (tertiary/aromatic N) is 1. The summed E-state index contributed by atoms with van der Waals surface area (Å²) in [6.07, 6.45) is 0. The highest BCUT2D eigenvalue weighted by molar-refractivity contribution is 5.96. The van der Waals surface area contributed by atoms with Gasteiger partial charge in [-0.25, -0.2) is 13.5 Å². The van der Waals surface area contributed by atoms with Crippen molar-refractivity contribution >= 4 is 5.91 Å². The van der Waals surface area contributed by atoms with Crippen molar-refractivity contribution in [2.24, 2.45) is 5.73 Å². The van der Waals surface area contributed by atoms with E-state index >= 15 is 0 Å². The molecule has 1 aromatic heterocycles. The molecule has 0 saturated carbocycles. The van der Waals surface area contributed by atoms with Gasteiger partial charge in [-0.15, -0.1) is 0 Å². The normalized spacial score (nSPS) is 10.6. The molecule has 0 aliphatic rings. The molecule has 0 unspecified atom stereocenters. The Kier molecular flexibility index (Phi) is 3.07. The molecule has 0 atom stereocenters. The van der Waals surface area contributed by atoms with Crippen LogP contribution in [0.2, 0.25) is 0 Å². The van der Waals surface area contributed by atoms with E-state index < -0.39 is 23.1 Å². The van der Waals surface area contributed by atoms with Crippen LogP contribution < -0.4 is 11.3 Å².